The number of anilines is 2. The number of benzene rings is 1. The number of carbonyl (C=O) groups excluding carboxylic acids is 1. The Bertz CT molecular complexity index is 798. The summed E-state index contributed by atoms with van der Waals surface area (Å²) < 4.78 is 25.2. The van der Waals surface area contributed by atoms with Crippen molar-refractivity contribution in [2.75, 3.05) is 22.4 Å². The highest BCUT2D eigenvalue weighted by Crippen LogP contribution is 2.32. The van der Waals surface area contributed by atoms with Crippen molar-refractivity contribution in [2.24, 2.45) is 0 Å². The molecule has 0 radical (unpaired) electrons. The van der Waals surface area contributed by atoms with Crippen LogP contribution in [0.4, 0.5) is 11.4 Å². The van der Waals surface area contributed by atoms with Gasteiger partial charge in [0.15, 0.2) is 0 Å². The van der Waals surface area contributed by atoms with E-state index in [1.165, 1.54) is 11.3 Å². The maximum absolute atomic E-state index is 12.6. The van der Waals surface area contributed by atoms with Crippen LogP contribution in [0.2, 0.25) is 0 Å². The van der Waals surface area contributed by atoms with Gasteiger partial charge in [-0.3, -0.25) is 9.52 Å². The van der Waals surface area contributed by atoms with E-state index in [2.05, 4.69) is 4.72 Å². The van der Waals surface area contributed by atoms with E-state index in [-0.39, 0.29) is 5.91 Å². The largest absolute Gasteiger partial charge is 0.307 e. The van der Waals surface area contributed by atoms with Crippen molar-refractivity contribution in [3.8, 4) is 0 Å². The number of carbonyl (C=O) groups is 1. The number of fused-ring (bicyclic) bond motifs is 1. The lowest BCUT2D eigenvalue weighted by atomic mass is 10.0. The molecule has 116 valence electrons. The highest BCUT2D eigenvalue weighted by molar-refractivity contribution is 7.92. The molecule has 1 aliphatic heterocycles. The first-order chi connectivity index (χ1) is 10.4. The summed E-state index contributed by atoms with van der Waals surface area (Å²) in [6, 6.07) is 9.01. The number of sulfonamides is 1. The average Bonchev–Trinajstić information content (AvgIpc) is 2.98. The molecule has 0 aliphatic carbocycles. The molecule has 0 bridgehead atoms. The summed E-state index contributed by atoms with van der Waals surface area (Å²) in [5.74, 6) is -0.0348. The highest BCUT2D eigenvalue weighted by atomic mass is 32.2. The molecule has 5 nitrogen and oxygen atoms in total. The van der Waals surface area contributed by atoms with Gasteiger partial charge >= 0.3 is 0 Å². The number of nitrogens with zero attached hydrogens (tertiary/aromatic N) is 1. The molecule has 1 aliphatic rings. The third-order valence-corrected chi connectivity index (χ3v) is 4.95. The van der Waals surface area contributed by atoms with Crippen LogP contribution in [0.15, 0.2) is 35.7 Å². The van der Waals surface area contributed by atoms with Gasteiger partial charge in [0, 0.05) is 12.2 Å². The summed E-state index contributed by atoms with van der Waals surface area (Å²) in [6.07, 6.45) is 2.91. The number of rotatable bonds is 3. The van der Waals surface area contributed by atoms with E-state index in [1.54, 1.807) is 23.1 Å². The molecule has 2 heterocycles. The number of thiophene rings is 1. The molecule has 3 rings (SSSR count). The molecule has 0 fully saturated rings. The van der Waals surface area contributed by atoms with Crippen molar-refractivity contribution >= 4 is 38.6 Å². The second-order valence-corrected chi connectivity index (χ2v) is 7.95. The third kappa shape index (κ3) is 3.15. The summed E-state index contributed by atoms with van der Waals surface area (Å²) in [6.45, 7) is 0.645. The van der Waals surface area contributed by atoms with Crippen LogP contribution in [-0.2, 0) is 16.4 Å². The van der Waals surface area contributed by atoms with Gasteiger partial charge in [-0.1, -0.05) is 12.1 Å². The fraction of sp³-hybridized carbons (Fsp3) is 0.267. The molecule has 1 amide bonds. The summed E-state index contributed by atoms with van der Waals surface area (Å²) in [4.78, 5) is 15.0. The number of aryl methyl sites for hydroxylation is 1. The Kier molecular flexibility index (Phi) is 3.92. The van der Waals surface area contributed by atoms with Gasteiger partial charge in [-0.15, -0.1) is 11.3 Å². The first-order valence-corrected chi connectivity index (χ1v) is 9.67. The maximum atomic E-state index is 12.6. The molecule has 22 heavy (non-hydrogen) atoms. The highest BCUT2D eigenvalue weighted by Gasteiger charge is 2.24. The standard InChI is InChI=1S/C15H16N2O3S2/c1-22(19,20)16-12-7-6-11-4-2-8-17(13(11)10-12)15(18)14-5-3-9-21-14/h3,5-7,9-10,16H,2,4,8H2,1H3. The Labute approximate surface area is 133 Å². The van der Waals surface area contributed by atoms with Crippen molar-refractivity contribution in [1.82, 2.24) is 0 Å². The molecule has 0 saturated carbocycles. The zero-order valence-electron chi connectivity index (χ0n) is 12.1. The van der Waals surface area contributed by atoms with Crippen molar-refractivity contribution < 1.29 is 13.2 Å². The third-order valence-electron chi connectivity index (χ3n) is 3.48. The van der Waals surface area contributed by atoms with Crippen molar-refractivity contribution in [3.05, 3.63) is 46.2 Å². The van der Waals surface area contributed by atoms with Gasteiger partial charge in [0.1, 0.15) is 0 Å². The number of hydrogen-bond acceptors (Lipinski definition) is 4. The molecule has 0 atom stereocenters. The Balaban J connectivity index is 1.97. The van der Waals surface area contributed by atoms with Gasteiger partial charge in [-0.2, -0.15) is 0 Å². The van der Waals surface area contributed by atoms with E-state index in [1.807, 2.05) is 17.5 Å². The minimum absolute atomic E-state index is 0.0348. The fourth-order valence-electron chi connectivity index (χ4n) is 2.60. The number of hydrogen-bond donors (Lipinski definition) is 1. The van der Waals surface area contributed by atoms with Crippen LogP contribution < -0.4 is 9.62 Å². The quantitative estimate of drug-likeness (QED) is 0.937. The van der Waals surface area contributed by atoms with Crippen LogP contribution in [0.3, 0.4) is 0 Å². The van der Waals surface area contributed by atoms with E-state index < -0.39 is 10.0 Å². The molecular formula is C15H16N2O3S2. The van der Waals surface area contributed by atoms with Crippen LogP contribution in [0.25, 0.3) is 0 Å². The average molecular weight is 336 g/mol. The van der Waals surface area contributed by atoms with Crippen molar-refractivity contribution in [1.29, 1.82) is 0 Å². The van der Waals surface area contributed by atoms with Crippen LogP contribution in [0.1, 0.15) is 21.7 Å². The molecule has 1 aromatic carbocycles. The van der Waals surface area contributed by atoms with Gasteiger partial charge in [-0.25, -0.2) is 8.42 Å². The maximum Gasteiger partial charge on any atom is 0.268 e. The van der Waals surface area contributed by atoms with Crippen molar-refractivity contribution in [3.63, 3.8) is 0 Å². The van der Waals surface area contributed by atoms with Gasteiger partial charge < -0.3 is 4.90 Å². The molecule has 2 aromatic rings. The monoisotopic (exact) mass is 336 g/mol. The van der Waals surface area contributed by atoms with Crippen LogP contribution in [0, 0.1) is 0 Å². The lowest BCUT2D eigenvalue weighted by Gasteiger charge is -2.29. The minimum atomic E-state index is -3.34. The Morgan fingerprint density at radius 1 is 1.32 bits per heavy atom. The Morgan fingerprint density at radius 2 is 2.14 bits per heavy atom. The van der Waals surface area contributed by atoms with Gasteiger partial charge in [0.2, 0.25) is 10.0 Å². The van der Waals surface area contributed by atoms with Gasteiger partial charge in [-0.05, 0) is 42.0 Å². The van der Waals surface area contributed by atoms with Crippen molar-refractivity contribution in [2.45, 2.75) is 12.8 Å². The second kappa shape index (κ2) is 5.73. The topological polar surface area (TPSA) is 66.5 Å². The molecule has 0 spiro atoms. The minimum Gasteiger partial charge on any atom is -0.307 e. The number of amides is 1. The van der Waals surface area contributed by atoms with E-state index in [9.17, 15) is 13.2 Å². The first-order valence-electron chi connectivity index (χ1n) is 6.90. The summed E-state index contributed by atoms with van der Waals surface area (Å²) >= 11 is 1.41. The first kappa shape index (κ1) is 15.1. The zero-order chi connectivity index (χ0) is 15.7. The fourth-order valence-corrected chi connectivity index (χ4v) is 3.82. The SMILES string of the molecule is CS(=O)(=O)Nc1ccc2c(c1)N(C(=O)c1cccs1)CCC2. The smallest absolute Gasteiger partial charge is 0.268 e. The van der Waals surface area contributed by atoms with Gasteiger partial charge in [0.05, 0.1) is 16.8 Å². The summed E-state index contributed by atoms with van der Waals surface area (Å²) in [5.41, 5.74) is 2.33. The molecular weight excluding hydrogens is 320 g/mol. The van der Waals surface area contributed by atoms with E-state index in [4.69, 9.17) is 0 Å². The van der Waals surface area contributed by atoms with E-state index in [0.717, 1.165) is 30.3 Å². The molecule has 1 N–H and O–H groups in total. The molecule has 0 unspecified atom stereocenters. The second-order valence-electron chi connectivity index (χ2n) is 5.26. The van der Waals surface area contributed by atoms with E-state index >= 15 is 0 Å². The number of nitrogens with one attached hydrogen (secondary N) is 1. The van der Waals surface area contributed by atoms with E-state index in [0.29, 0.717) is 17.1 Å². The molecule has 0 saturated heterocycles. The van der Waals surface area contributed by atoms with Crippen LogP contribution in [0.5, 0.6) is 0 Å². The summed E-state index contributed by atoms with van der Waals surface area (Å²) in [7, 11) is -3.34. The lowest BCUT2D eigenvalue weighted by molar-refractivity contribution is 0.0989. The summed E-state index contributed by atoms with van der Waals surface area (Å²) in [5, 5.41) is 1.87. The van der Waals surface area contributed by atoms with Gasteiger partial charge in [0.25, 0.3) is 5.91 Å². The van der Waals surface area contributed by atoms with Crippen LogP contribution in [-0.4, -0.2) is 27.1 Å². The Morgan fingerprint density at radius 3 is 2.82 bits per heavy atom. The molecule has 7 heteroatoms. The lowest BCUT2D eigenvalue weighted by Crippen LogP contribution is -2.35. The Hall–Kier alpha value is -1.86. The molecule has 1 aromatic heterocycles. The normalized spacial score (nSPS) is 14.5. The predicted octanol–water partition coefficient (Wildman–Crippen LogP) is 2.71. The predicted molar refractivity (Wildman–Crippen MR) is 89.2 cm³/mol. The van der Waals surface area contributed by atoms with Crippen LogP contribution >= 0.6 is 11.3 Å². The zero-order valence-corrected chi connectivity index (χ0v) is 13.7.